The van der Waals surface area contributed by atoms with Gasteiger partial charge in [0.2, 0.25) is 5.95 Å². The third kappa shape index (κ3) is 2.87. The topological polar surface area (TPSA) is 105 Å². The van der Waals surface area contributed by atoms with E-state index in [0.29, 0.717) is 26.0 Å². The van der Waals surface area contributed by atoms with E-state index in [1.54, 1.807) is 0 Å². The highest BCUT2D eigenvalue weighted by molar-refractivity contribution is 9.11. The second-order valence-electron chi connectivity index (χ2n) is 4.66. The molecule has 0 bridgehead atoms. The number of anilines is 1. The summed E-state index contributed by atoms with van der Waals surface area (Å²) in [6.07, 6.45) is 1.52. The van der Waals surface area contributed by atoms with Crippen LogP contribution in [0, 0.1) is 0 Å². The lowest BCUT2D eigenvalue weighted by atomic mass is 10.1. The van der Waals surface area contributed by atoms with Crippen molar-refractivity contribution in [2.45, 2.75) is 0 Å². The molecule has 0 aliphatic heterocycles. The number of benzene rings is 1. The molecule has 1 aromatic carbocycles. The summed E-state index contributed by atoms with van der Waals surface area (Å²) in [6, 6.07) is 9.21. The number of nitrogens with two attached hydrogens (primary N) is 1. The summed E-state index contributed by atoms with van der Waals surface area (Å²) < 4.78 is 1.01. The number of aromatic carboxylic acids is 1. The Morgan fingerprint density at radius 3 is 2.52 bits per heavy atom. The molecule has 3 aromatic rings. The highest BCUT2D eigenvalue weighted by Gasteiger charge is 2.24. The van der Waals surface area contributed by atoms with Crippen molar-refractivity contribution in [3.63, 3.8) is 0 Å². The van der Waals surface area contributed by atoms with Gasteiger partial charge in [0.1, 0.15) is 5.69 Å². The molecule has 4 N–H and O–H groups in total. The SMILES string of the molecule is Nc1ncc(Br)c(-c2[nH]c(-c3ccccc3)c(C(=O)O)c2Br)n1. The Labute approximate surface area is 148 Å². The van der Waals surface area contributed by atoms with E-state index in [4.69, 9.17) is 5.73 Å². The van der Waals surface area contributed by atoms with Crippen LogP contribution in [0.15, 0.2) is 45.5 Å². The van der Waals surface area contributed by atoms with Gasteiger partial charge in [-0.05, 0) is 37.4 Å². The minimum Gasteiger partial charge on any atom is -0.478 e. The molecular weight excluding hydrogens is 428 g/mol. The molecule has 0 fully saturated rings. The second-order valence-corrected chi connectivity index (χ2v) is 6.31. The molecule has 0 aliphatic carbocycles. The first kappa shape index (κ1) is 15.7. The summed E-state index contributed by atoms with van der Waals surface area (Å²) >= 11 is 6.72. The standard InChI is InChI=1S/C15H10Br2N4O2/c16-8-6-19-15(18)21-12(8)13-10(17)9(14(22)23)11(20-13)7-4-2-1-3-5-7/h1-6,20H,(H,22,23)(H2,18,19,21). The van der Waals surface area contributed by atoms with E-state index < -0.39 is 5.97 Å². The first-order chi connectivity index (χ1) is 11.0. The second kappa shape index (κ2) is 6.13. The van der Waals surface area contributed by atoms with Crippen molar-refractivity contribution in [2.75, 3.05) is 5.73 Å². The van der Waals surface area contributed by atoms with Gasteiger partial charge in [-0.15, -0.1) is 0 Å². The van der Waals surface area contributed by atoms with Crippen molar-refractivity contribution in [2.24, 2.45) is 0 Å². The van der Waals surface area contributed by atoms with Crippen molar-refractivity contribution in [1.29, 1.82) is 0 Å². The smallest absolute Gasteiger partial charge is 0.339 e. The Morgan fingerprint density at radius 2 is 1.87 bits per heavy atom. The molecule has 0 amide bonds. The largest absolute Gasteiger partial charge is 0.478 e. The highest BCUT2D eigenvalue weighted by atomic mass is 79.9. The molecule has 0 saturated carbocycles. The Hall–Kier alpha value is -2.19. The maximum atomic E-state index is 11.7. The molecule has 2 heterocycles. The van der Waals surface area contributed by atoms with Gasteiger partial charge in [0, 0.05) is 6.20 Å². The van der Waals surface area contributed by atoms with Gasteiger partial charge in [-0.1, -0.05) is 30.3 Å². The summed E-state index contributed by atoms with van der Waals surface area (Å²) in [5.74, 6) is -0.945. The van der Waals surface area contributed by atoms with E-state index in [1.807, 2.05) is 30.3 Å². The molecule has 0 aliphatic rings. The Bertz CT molecular complexity index is 894. The van der Waals surface area contributed by atoms with Crippen LogP contribution in [0.5, 0.6) is 0 Å². The van der Waals surface area contributed by atoms with Crippen molar-refractivity contribution in [3.8, 4) is 22.6 Å². The maximum absolute atomic E-state index is 11.7. The van der Waals surface area contributed by atoms with Crippen LogP contribution in [0.3, 0.4) is 0 Å². The van der Waals surface area contributed by atoms with Gasteiger partial charge >= 0.3 is 5.97 Å². The number of rotatable bonds is 3. The van der Waals surface area contributed by atoms with E-state index in [-0.39, 0.29) is 11.5 Å². The molecule has 0 unspecified atom stereocenters. The maximum Gasteiger partial charge on any atom is 0.339 e. The van der Waals surface area contributed by atoms with Crippen LogP contribution in [-0.4, -0.2) is 26.0 Å². The molecule has 0 atom stereocenters. The number of halogens is 2. The fraction of sp³-hybridized carbons (Fsp3) is 0. The van der Waals surface area contributed by atoms with Crippen LogP contribution in [0.25, 0.3) is 22.6 Å². The Morgan fingerprint density at radius 1 is 1.17 bits per heavy atom. The van der Waals surface area contributed by atoms with Crippen LogP contribution < -0.4 is 5.73 Å². The van der Waals surface area contributed by atoms with Gasteiger partial charge in [-0.25, -0.2) is 14.8 Å². The Balaban J connectivity index is 2.28. The third-order valence-electron chi connectivity index (χ3n) is 3.21. The zero-order valence-corrected chi connectivity index (χ0v) is 14.7. The highest BCUT2D eigenvalue weighted by Crippen LogP contribution is 2.39. The van der Waals surface area contributed by atoms with Crippen molar-refractivity contribution < 1.29 is 9.90 Å². The third-order valence-corrected chi connectivity index (χ3v) is 4.59. The lowest BCUT2D eigenvalue weighted by molar-refractivity contribution is 0.0697. The zero-order valence-electron chi connectivity index (χ0n) is 11.5. The fourth-order valence-electron chi connectivity index (χ4n) is 2.22. The molecule has 2 aromatic heterocycles. The number of carboxylic acid groups (broad SMARTS) is 1. The normalized spacial score (nSPS) is 10.7. The zero-order chi connectivity index (χ0) is 16.6. The summed E-state index contributed by atoms with van der Waals surface area (Å²) in [6.45, 7) is 0. The molecule has 0 saturated heterocycles. The summed E-state index contributed by atoms with van der Waals surface area (Å²) in [4.78, 5) is 22.9. The average molecular weight is 438 g/mol. The van der Waals surface area contributed by atoms with Gasteiger partial charge in [0.25, 0.3) is 0 Å². The predicted octanol–water partition coefficient (Wildman–Crippen LogP) is 3.94. The number of nitrogens with zero attached hydrogens (tertiary/aromatic N) is 2. The minimum atomic E-state index is -1.05. The van der Waals surface area contributed by atoms with E-state index >= 15 is 0 Å². The number of nitrogen functional groups attached to an aromatic ring is 1. The van der Waals surface area contributed by atoms with Crippen LogP contribution in [0.2, 0.25) is 0 Å². The number of aromatic nitrogens is 3. The first-order valence-corrected chi connectivity index (χ1v) is 8.06. The van der Waals surface area contributed by atoms with Crippen LogP contribution >= 0.6 is 31.9 Å². The van der Waals surface area contributed by atoms with E-state index in [2.05, 4.69) is 46.8 Å². The molecule has 3 rings (SSSR count). The van der Waals surface area contributed by atoms with Gasteiger partial charge < -0.3 is 15.8 Å². The van der Waals surface area contributed by atoms with Gasteiger partial charge in [-0.3, -0.25) is 0 Å². The van der Waals surface area contributed by atoms with Gasteiger partial charge in [0.15, 0.2) is 0 Å². The molecule has 0 radical (unpaired) electrons. The van der Waals surface area contributed by atoms with E-state index in [0.717, 1.165) is 5.56 Å². The number of nitrogens with one attached hydrogen (secondary N) is 1. The minimum absolute atomic E-state index is 0.0998. The quantitative estimate of drug-likeness (QED) is 0.575. The number of aromatic amines is 1. The number of H-pyrrole nitrogens is 1. The molecule has 116 valence electrons. The molecular formula is C15H10Br2N4O2. The Kier molecular flexibility index (Phi) is 4.18. The lowest BCUT2D eigenvalue weighted by Gasteiger charge is -2.03. The number of hydrogen-bond donors (Lipinski definition) is 3. The van der Waals surface area contributed by atoms with Crippen molar-refractivity contribution in [1.82, 2.24) is 15.0 Å². The van der Waals surface area contributed by atoms with E-state index in [1.165, 1.54) is 6.20 Å². The monoisotopic (exact) mass is 436 g/mol. The van der Waals surface area contributed by atoms with Gasteiger partial charge in [0.05, 0.1) is 25.9 Å². The molecule has 23 heavy (non-hydrogen) atoms. The fourth-order valence-corrected chi connectivity index (χ4v) is 3.26. The number of hydrogen-bond acceptors (Lipinski definition) is 4. The molecule has 8 heteroatoms. The van der Waals surface area contributed by atoms with Crippen LogP contribution in [0.4, 0.5) is 5.95 Å². The average Bonchev–Trinajstić information content (AvgIpc) is 2.88. The first-order valence-electron chi connectivity index (χ1n) is 6.47. The number of carboxylic acids is 1. The summed E-state index contributed by atoms with van der Waals surface area (Å²) in [5, 5.41) is 9.57. The van der Waals surface area contributed by atoms with Crippen molar-refractivity contribution >= 4 is 43.8 Å². The predicted molar refractivity (Wildman–Crippen MR) is 94.0 cm³/mol. The number of carbonyl (C=O) groups is 1. The molecule has 6 nitrogen and oxygen atoms in total. The molecule has 0 spiro atoms. The summed E-state index contributed by atoms with van der Waals surface area (Å²) in [7, 11) is 0. The van der Waals surface area contributed by atoms with E-state index in [9.17, 15) is 9.90 Å². The van der Waals surface area contributed by atoms with Crippen LogP contribution in [-0.2, 0) is 0 Å². The summed E-state index contributed by atoms with van der Waals surface area (Å²) in [5.41, 5.74) is 8.02. The lowest BCUT2D eigenvalue weighted by Crippen LogP contribution is -1.98. The van der Waals surface area contributed by atoms with Crippen LogP contribution in [0.1, 0.15) is 10.4 Å². The van der Waals surface area contributed by atoms with Crippen molar-refractivity contribution in [3.05, 3.63) is 51.0 Å². The van der Waals surface area contributed by atoms with Gasteiger partial charge in [-0.2, -0.15) is 0 Å².